The van der Waals surface area contributed by atoms with Crippen molar-refractivity contribution in [3.8, 4) is 0 Å². The molecule has 2 bridgehead atoms. The number of nitrogens with zero attached hydrogens (tertiary/aromatic N) is 3. The van der Waals surface area contributed by atoms with Crippen molar-refractivity contribution in [1.29, 1.82) is 0 Å². The number of nitrogen functional groups attached to an aromatic ring is 1. The molecule has 0 aromatic carbocycles. The number of nitrogens with one attached hydrogen (secondary N) is 1. The summed E-state index contributed by atoms with van der Waals surface area (Å²) >= 11 is 0. The molecular weight excluding hydrogens is 346 g/mol. The molecule has 0 saturated carbocycles. The summed E-state index contributed by atoms with van der Waals surface area (Å²) in [4.78, 5) is 23.3. The average molecular weight is 369 g/mol. The van der Waals surface area contributed by atoms with Gasteiger partial charge < -0.3 is 25.1 Å². The molecule has 1 amide bonds. The maximum absolute atomic E-state index is 12.3. The van der Waals surface area contributed by atoms with Crippen LogP contribution in [0.25, 0.3) is 0 Å². The van der Waals surface area contributed by atoms with E-state index in [2.05, 4.69) is 20.2 Å². The summed E-state index contributed by atoms with van der Waals surface area (Å²) in [7, 11) is 0. The van der Waals surface area contributed by atoms with Crippen molar-refractivity contribution >= 4 is 17.7 Å². The number of aromatic nitrogens is 2. The second-order valence-electron chi connectivity index (χ2n) is 7.87. The molecule has 4 atom stereocenters. The van der Waals surface area contributed by atoms with Crippen molar-refractivity contribution in [1.82, 2.24) is 15.3 Å². The molecule has 8 nitrogen and oxygen atoms in total. The Morgan fingerprint density at radius 2 is 2.41 bits per heavy atom. The quantitative estimate of drug-likeness (QED) is 0.838. The van der Waals surface area contributed by atoms with E-state index in [-0.39, 0.29) is 17.6 Å². The summed E-state index contributed by atoms with van der Waals surface area (Å²) < 4.78 is 11.4. The van der Waals surface area contributed by atoms with E-state index in [1.165, 1.54) is 12.5 Å². The van der Waals surface area contributed by atoms with Gasteiger partial charge in [-0.25, -0.2) is 4.98 Å². The molecule has 3 aliphatic rings. The van der Waals surface area contributed by atoms with E-state index in [0.717, 1.165) is 31.5 Å². The highest BCUT2D eigenvalue weighted by molar-refractivity contribution is 5.93. The minimum absolute atomic E-state index is 0.106. The average Bonchev–Trinajstić information content (AvgIpc) is 3.42. The van der Waals surface area contributed by atoms with Gasteiger partial charge in [0.25, 0.3) is 5.91 Å². The Morgan fingerprint density at radius 1 is 1.52 bits per heavy atom. The van der Waals surface area contributed by atoms with Crippen LogP contribution in [0.15, 0.2) is 29.2 Å². The molecule has 0 unspecified atom stereocenters. The lowest BCUT2D eigenvalue weighted by molar-refractivity contribution is 0.0141. The number of nitrogens with two attached hydrogens (primary N) is 1. The molecule has 142 valence electrons. The number of hydrogen-bond donors (Lipinski definition) is 2. The van der Waals surface area contributed by atoms with Gasteiger partial charge in [-0.2, -0.15) is 4.98 Å². The summed E-state index contributed by atoms with van der Waals surface area (Å²) in [6, 6.07) is 1.67. The Balaban J connectivity index is 1.31. The summed E-state index contributed by atoms with van der Waals surface area (Å²) in [6.45, 7) is 4.11. The fraction of sp³-hybridized carbons (Fsp3) is 0.526. The van der Waals surface area contributed by atoms with Crippen LogP contribution in [0.5, 0.6) is 0 Å². The Bertz CT molecular complexity index is 870. The highest BCUT2D eigenvalue weighted by atomic mass is 16.5. The van der Waals surface area contributed by atoms with E-state index in [4.69, 9.17) is 14.9 Å². The molecular formula is C19H23N5O3. The Kier molecular flexibility index (Phi) is 3.65. The van der Waals surface area contributed by atoms with E-state index < -0.39 is 0 Å². The lowest BCUT2D eigenvalue weighted by atomic mass is 9.73. The van der Waals surface area contributed by atoms with E-state index >= 15 is 0 Å². The van der Waals surface area contributed by atoms with Gasteiger partial charge in [0.15, 0.2) is 0 Å². The standard InChI is InChI=1S/C19H23N5O3/c1-11-6-22-18(23-16(11)20)24-8-14-13(15-2-4-19(14,10-24)27-15)7-21-17(25)12-3-5-26-9-12/h3,5-6,9,13-15H,2,4,7-8,10H2,1H3,(H,21,25)(H2,20,22,23)/t13-,14+,15+,19+/m0/s1. The predicted octanol–water partition coefficient (Wildman–Crippen LogP) is 1.37. The molecule has 2 aromatic rings. The first-order valence-corrected chi connectivity index (χ1v) is 9.38. The lowest BCUT2D eigenvalue weighted by Gasteiger charge is -2.29. The molecule has 0 radical (unpaired) electrons. The van der Waals surface area contributed by atoms with Gasteiger partial charge in [0.2, 0.25) is 5.95 Å². The van der Waals surface area contributed by atoms with Crippen molar-refractivity contribution in [2.45, 2.75) is 31.5 Å². The molecule has 0 aliphatic carbocycles. The van der Waals surface area contributed by atoms with Crippen LogP contribution < -0.4 is 16.0 Å². The van der Waals surface area contributed by atoms with Gasteiger partial charge in [0.05, 0.1) is 30.1 Å². The number of anilines is 2. The number of amides is 1. The first-order chi connectivity index (χ1) is 13.1. The Hall–Kier alpha value is -2.61. The van der Waals surface area contributed by atoms with E-state index in [1.54, 1.807) is 12.3 Å². The number of furan rings is 1. The summed E-state index contributed by atoms with van der Waals surface area (Å²) in [5, 5.41) is 3.04. The van der Waals surface area contributed by atoms with Crippen LogP contribution in [0.1, 0.15) is 28.8 Å². The molecule has 1 spiro atoms. The van der Waals surface area contributed by atoms with E-state index in [9.17, 15) is 4.79 Å². The molecule has 2 aromatic heterocycles. The van der Waals surface area contributed by atoms with Crippen LogP contribution >= 0.6 is 0 Å². The highest BCUT2D eigenvalue weighted by Gasteiger charge is 2.63. The van der Waals surface area contributed by atoms with Crippen LogP contribution in [0.2, 0.25) is 0 Å². The number of carbonyl (C=O) groups excluding carboxylic acids is 1. The lowest BCUT2D eigenvalue weighted by Crippen LogP contribution is -2.41. The maximum Gasteiger partial charge on any atom is 0.254 e. The summed E-state index contributed by atoms with van der Waals surface area (Å²) in [6.07, 6.45) is 7.03. The third-order valence-corrected chi connectivity index (χ3v) is 6.35. The van der Waals surface area contributed by atoms with Gasteiger partial charge in [0, 0.05) is 36.7 Å². The summed E-state index contributed by atoms with van der Waals surface area (Å²) in [5.74, 6) is 1.72. The fourth-order valence-corrected chi connectivity index (χ4v) is 4.92. The molecule has 3 aliphatic heterocycles. The zero-order chi connectivity index (χ0) is 18.6. The molecule has 5 heterocycles. The van der Waals surface area contributed by atoms with Crippen LogP contribution in [-0.2, 0) is 4.74 Å². The minimum Gasteiger partial charge on any atom is -0.472 e. The normalized spacial score (nSPS) is 31.3. The molecule has 27 heavy (non-hydrogen) atoms. The van der Waals surface area contributed by atoms with Gasteiger partial charge in [0.1, 0.15) is 12.1 Å². The number of ether oxygens (including phenoxy) is 1. The van der Waals surface area contributed by atoms with Gasteiger partial charge in [-0.3, -0.25) is 4.79 Å². The highest BCUT2D eigenvalue weighted by Crippen LogP contribution is 2.55. The van der Waals surface area contributed by atoms with Crippen LogP contribution in [0, 0.1) is 18.8 Å². The molecule has 3 N–H and O–H groups in total. The molecule has 3 fully saturated rings. The molecule has 3 saturated heterocycles. The van der Waals surface area contributed by atoms with Crippen molar-refractivity contribution in [3.05, 3.63) is 35.9 Å². The second kappa shape index (κ2) is 5.95. The third kappa shape index (κ3) is 2.58. The van der Waals surface area contributed by atoms with Crippen molar-refractivity contribution < 1.29 is 13.9 Å². The fourth-order valence-electron chi connectivity index (χ4n) is 4.92. The molecule has 8 heteroatoms. The first-order valence-electron chi connectivity index (χ1n) is 9.38. The van der Waals surface area contributed by atoms with Gasteiger partial charge >= 0.3 is 0 Å². The van der Waals surface area contributed by atoms with Crippen molar-refractivity contribution in [2.75, 3.05) is 30.3 Å². The number of fused-ring (bicyclic) bond motifs is 1. The van der Waals surface area contributed by atoms with Crippen molar-refractivity contribution in [3.63, 3.8) is 0 Å². The maximum atomic E-state index is 12.3. The first kappa shape index (κ1) is 16.6. The number of rotatable bonds is 4. The molecule has 5 rings (SSSR count). The monoisotopic (exact) mass is 369 g/mol. The van der Waals surface area contributed by atoms with Crippen LogP contribution in [0.4, 0.5) is 11.8 Å². The number of carbonyl (C=O) groups is 1. The Morgan fingerprint density at radius 3 is 3.19 bits per heavy atom. The van der Waals surface area contributed by atoms with Gasteiger partial charge in [-0.15, -0.1) is 0 Å². The zero-order valence-electron chi connectivity index (χ0n) is 15.2. The second-order valence-corrected chi connectivity index (χ2v) is 7.87. The van der Waals surface area contributed by atoms with Crippen LogP contribution in [-0.4, -0.2) is 47.2 Å². The van der Waals surface area contributed by atoms with Crippen LogP contribution in [0.3, 0.4) is 0 Å². The van der Waals surface area contributed by atoms with Gasteiger partial charge in [-0.1, -0.05) is 0 Å². The number of hydrogen-bond acceptors (Lipinski definition) is 7. The Labute approximate surface area is 157 Å². The smallest absolute Gasteiger partial charge is 0.254 e. The summed E-state index contributed by atoms with van der Waals surface area (Å²) in [5.41, 5.74) is 7.24. The third-order valence-electron chi connectivity index (χ3n) is 6.35. The van der Waals surface area contributed by atoms with E-state index in [0.29, 0.717) is 35.7 Å². The predicted molar refractivity (Wildman–Crippen MR) is 98.3 cm³/mol. The van der Waals surface area contributed by atoms with E-state index in [1.807, 2.05) is 6.92 Å². The zero-order valence-corrected chi connectivity index (χ0v) is 15.2. The minimum atomic E-state index is -0.154. The SMILES string of the molecule is Cc1cnc(N2C[C@@H]3[C@H](CNC(=O)c4ccoc4)[C@H]4CC[C@]3(C2)O4)nc1N. The number of aryl methyl sites for hydroxylation is 1. The van der Waals surface area contributed by atoms with Gasteiger partial charge in [-0.05, 0) is 25.8 Å². The largest absolute Gasteiger partial charge is 0.472 e. The van der Waals surface area contributed by atoms with Crippen molar-refractivity contribution in [2.24, 2.45) is 11.8 Å². The topological polar surface area (TPSA) is 107 Å².